The molecular formula is C27H26FN3O4. The zero-order valence-electron chi connectivity index (χ0n) is 19.7. The van der Waals surface area contributed by atoms with E-state index in [0.29, 0.717) is 46.4 Å². The van der Waals surface area contributed by atoms with Crippen LogP contribution in [-0.4, -0.2) is 36.8 Å². The van der Waals surface area contributed by atoms with Crippen LogP contribution in [0.4, 0.5) is 10.2 Å². The molecule has 0 fully saturated rings. The van der Waals surface area contributed by atoms with Crippen LogP contribution in [0.5, 0.6) is 17.2 Å². The Balaban J connectivity index is 1.64. The Bertz CT molecular complexity index is 1280. The third kappa shape index (κ3) is 5.43. The van der Waals surface area contributed by atoms with Crippen molar-refractivity contribution < 1.29 is 23.4 Å². The molecule has 0 spiro atoms. The van der Waals surface area contributed by atoms with E-state index in [4.69, 9.17) is 14.2 Å². The minimum atomic E-state index is -0.342. The van der Waals surface area contributed by atoms with E-state index in [0.717, 1.165) is 5.56 Å². The summed E-state index contributed by atoms with van der Waals surface area (Å²) in [4.78, 5) is 17.7. The number of benzene rings is 3. The van der Waals surface area contributed by atoms with Crippen LogP contribution in [0.15, 0.2) is 73.1 Å². The molecule has 0 saturated carbocycles. The Morgan fingerprint density at radius 3 is 2.17 bits per heavy atom. The number of rotatable bonds is 9. The summed E-state index contributed by atoms with van der Waals surface area (Å²) < 4.78 is 31.5. The Hall–Kier alpha value is -4.33. The lowest BCUT2D eigenvalue weighted by Crippen LogP contribution is -2.18. The average molecular weight is 476 g/mol. The number of imidazole rings is 1. The van der Waals surface area contributed by atoms with Gasteiger partial charge in [-0.05, 0) is 47.5 Å². The molecule has 8 heteroatoms. The van der Waals surface area contributed by atoms with Crippen molar-refractivity contribution in [3.8, 4) is 28.5 Å². The number of hydrogen-bond donors (Lipinski definition) is 1. The van der Waals surface area contributed by atoms with Gasteiger partial charge in [0.2, 0.25) is 11.7 Å². The smallest absolute Gasteiger partial charge is 0.229 e. The molecule has 1 aromatic heterocycles. The monoisotopic (exact) mass is 475 g/mol. The van der Waals surface area contributed by atoms with Gasteiger partial charge in [-0.1, -0.05) is 30.3 Å². The molecule has 7 nitrogen and oxygen atoms in total. The number of ether oxygens (including phenoxy) is 3. The summed E-state index contributed by atoms with van der Waals surface area (Å²) in [7, 11) is 4.58. The fourth-order valence-electron chi connectivity index (χ4n) is 3.83. The van der Waals surface area contributed by atoms with Gasteiger partial charge in [-0.3, -0.25) is 4.79 Å². The van der Waals surface area contributed by atoms with Crippen LogP contribution in [0.25, 0.3) is 11.3 Å². The number of halogens is 1. The van der Waals surface area contributed by atoms with Crippen molar-refractivity contribution in [1.82, 2.24) is 9.55 Å². The topological polar surface area (TPSA) is 74.6 Å². The van der Waals surface area contributed by atoms with Crippen LogP contribution < -0.4 is 19.5 Å². The fourth-order valence-corrected chi connectivity index (χ4v) is 3.83. The van der Waals surface area contributed by atoms with Crippen LogP contribution in [0.1, 0.15) is 11.1 Å². The molecule has 0 aliphatic heterocycles. The number of amides is 1. The number of methoxy groups -OCH3 is 3. The molecule has 0 radical (unpaired) electrons. The van der Waals surface area contributed by atoms with E-state index in [-0.39, 0.29) is 18.1 Å². The van der Waals surface area contributed by atoms with Crippen LogP contribution in [0.3, 0.4) is 0 Å². The molecule has 0 aliphatic carbocycles. The van der Waals surface area contributed by atoms with E-state index in [9.17, 15) is 9.18 Å². The molecule has 3 aromatic carbocycles. The first-order valence-corrected chi connectivity index (χ1v) is 11.0. The number of carbonyl (C=O) groups excluding carboxylic acids is 1. The zero-order valence-corrected chi connectivity index (χ0v) is 19.7. The van der Waals surface area contributed by atoms with Crippen molar-refractivity contribution >= 4 is 11.7 Å². The third-order valence-corrected chi connectivity index (χ3v) is 5.50. The molecule has 4 rings (SSSR count). The minimum absolute atomic E-state index is 0.0656. The number of hydrogen-bond acceptors (Lipinski definition) is 5. The van der Waals surface area contributed by atoms with Crippen molar-refractivity contribution in [1.29, 1.82) is 0 Å². The number of carbonyl (C=O) groups is 1. The summed E-state index contributed by atoms with van der Waals surface area (Å²) in [5.74, 6) is 1.33. The van der Waals surface area contributed by atoms with E-state index >= 15 is 0 Å². The number of anilines is 1. The first-order chi connectivity index (χ1) is 17.0. The van der Waals surface area contributed by atoms with Crippen molar-refractivity contribution in [2.75, 3.05) is 26.6 Å². The average Bonchev–Trinajstić information content (AvgIpc) is 3.25. The Morgan fingerprint density at radius 1 is 0.914 bits per heavy atom. The third-order valence-electron chi connectivity index (χ3n) is 5.50. The number of aromatic nitrogens is 2. The van der Waals surface area contributed by atoms with Gasteiger partial charge in [-0.25, -0.2) is 9.37 Å². The molecule has 180 valence electrons. The number of nitrogens with zero attached hydrogens (tertiary/aromatic N) is 2. The highest BCUT2D eigenvalue weighted by Gasteiger charge is 2.19. The fraction of sp³-hybridized carbons (Fsp3) is 0.185. The van der Waals surface area contributed by atoms with Gasteiger partial charge in [-0.15, -0.1) is 0 Å². The van der Waals surface area contributed by atoms with E-state index in [1.165, 1.54) is 33.5 Å². The molecule has 1 heterocycles. The van der Waals surface area contributed by atoms with E-state index < -0.39 is 0 Å². The first-order valence-electron chi connectivity index (χ1n) is 11.0. The molecule has 1 N–H and O–H groups in total. The molecule has 0 bridgehead atoms. The van der Waals surface area contributed by atoms with Gasteiger partial charge in [0, 0.05) is 5.56 Å². The summed E-state index contributed by atoms with van der Waals surface area (Å²) in [5.41, 5.74) is 2.99. The molecule has 0 aliphatic rings. The molecule has 0 unspecified atom stereocenters. The summed E-state index contributed by atoms with van der Waals surface area (Å²) in [5, 5.41) is 3.00. The molecule has 35 heavy (non-hydrogen) atoms. The van der Waals surface area contributed by atoms with Gasteiger partial charge in [-0.2, -0.15) is 0 Å². The van der Waals surface area contributed by atoms with Gasteiger partial charge >= 0.3 is 0 Å². The van der Waals surface area contributed by atoms with E-state index in [1.54, 1.807) is 30.6 Å². The second-order valence-corrected chi connectivity index (χ2v) is 7.82. The Kier molecular flexibility index (Phi) is 7.30. The quantitative estimate of drug-likeness (QED) is 0.371. The van der Waals surface area contributed by atoms with Crippen LogP contribution in [-0.2, 0) is 17.8 Å². The Labute approximate surface area is 203 Å². The SMILES string of the molecule is COc1cc(CC(=O)Nc2c(-c3ccc(F)cc3)ncn2Cc2ccccc2)cc(OC)c1OC. The molecule has 0 saturated heterocycles. The predicted molar refractivity (Wildman–Crippen MR) is 132 cm³/mol. The molecule has 0 atom stereocenters. The second-order valence-electron chi connectivity index (χ2n) is 7.82. The molecule has 1 amide bonds. The van der Waals surface area contributed by atoms with Crippen LogP contribution in [0.2, 0.25) is 0 Å². The largest absolute Gasteiger partial charge is 0.493 e. The minimum Gasteiger partial charge on any atom is -0.493 e. The van der Waals surface area contributed by atoms with Crippen molar-refractivity contribution in [2.45, 2.75) is 13.0 Å². The highest BCUT2D eigenvalue weighted by molar-refractivity contribution is 5.95. The van der Waals surface area contributed by atoms with Crippen LogP contribution in [0, 0.1) is 5.82 Å². The van der Waals surface area contributed by atoms with Gasteiger partial charge < -0.3 is 24.1 Å². The maximum absolute atomic E-state index is 13.5. The maximum Gasteiger partial charge on any atom is 0.229 e. The summed E-state index contributed by atoms with van der Waals surface area (Å²) in [6, 6.07) is 19.3. The summed E-state index contributed by atoms with van der Waals surface area (Å²) in [6.07, 6.45) is 1.73. The lowest BCUT2D eigenvalue weighted by atomic mass is 10.1. The maximum atomic E-state index is 13.5. The normalized spacial score (nSPS) is 10.6. The van der Waals surface area contributed by atoms with Gasteiger partial charge in [0.05, 0.1) is 40.6 Å². The summed E-state index contributed by atoms with van der Waals surface area (Å²) >= 11 is 0. The highest BCUT2D eigenvalue weighted by Crippen LogP contribution is 2.38. The first kappa shape index (κ1) is 23.8. The van der Waals surface area contributed by atoms with Crippen molar-refractivity contribution in [3.05, 3.63) is 90.0 Å². The summed E-state index contributed by atoms with van der Waals surface area (Å²) in [6.45, 7) is 0.509. The number of nitrogens with one attached hydrogen (secondary N) is 1. The lowest BCUT2D eigenvalue weighted by Gasteiger charge is -2.15. The van der Waals surface area contributed by atoms with Gasteiger partial charge in [0.1, 0.15) is 17.3 Å². The second kappa shape index (κ2) is 10.7. The predicted octanol–water partition coefficient (Wildman–Crippen LogP) is 4.94. The highest BCUT2D eigenvalue weighted by atomic mass is 19.1. The molecular weight excluding hydrogens is 449 g/mol. The Morgan fingerprint density at radius 2 is 1.57 bits per heavy atom. The van der Waals surface area contributed by atoms with Gasteiger partial charge in [0.15, 0.2) is 11.5 Å². The van der Waals surface area contributed by atoms with Crippen molar-refractivity contribution in [2.24, 2.45) is 0 Å². The molecule has 4 aromatic rings. The van der Waals surface area contributed by atoms with Gasteiger partial charge in [0.25, 0.3) is 0 Å². The van der Waals surface area contributed by atoms with E-state index in [1.807, 2.05) is 34.9 Å². The van der Waals surface area contributed by atoms with Crippen molar-refractivity contribution in [3.63, 3.8) is 0 Å². The lowest BCUT2D eigenvalue weighted by molar-refractivity contribution is -0.115. The standard InChI is InChI=1S/C27H26FN3O4/c1-33-22-13-19(14-23(34-2)26(22)35-3)15-24(32)30-27-25(20-9-11-21(28)12-10-20)29-17-31(27)16-18-7-5-4-6-8-18/h4-14,17H,15-16H2,1-3H3,(H,30,32). The van der Waals surface area contributed by atoms with Crippen LogP contribution >= 0.6 is 0 Å². The zero-order chi connectivity index (χ0) is 24.8. The van der Waals surface area contributed by atoms with E-state index in [2.05, 4.69) is 10.3 Å².